The Morgan fingerprint density at radius 2 is 2.00 bits per heavy atom. The van der Waals surface area contributed by atoms with Crippen molar-refractivity contribution in [2.75, 3.05) is 39.3 Å². The van der Waals surface area contributed by atoms with Crippen molar-refractivity contribution in [2.24, 2.45) is 0 Å². The number of ether oxygens (including phenoxy) is 2. The van der Waals surface area contributed by atoms with E-state index in [4.69, 9.17) is 14.6 Å². The van der Waals surface area contributed by atoms with Crippen molar-refractivity contribution in [1.82, 2.24) is 0 Å². The molecule has 0 bridgehead atoms. The quantitative estimate of drug-likeness (QED) is 0.781. The zero-order chi connectivity index (χ0) is 17.5. The number of nitriles is 1. The molecule has 24 heavy (non-hydrogen) atoms. The van der Waals surface area contributed by atoms with E-state index in [1.165, 1.54) is 0 Å². The first-order valence-corrected chi connectivity index (χ1v) is 8.20. The smallest absolute Gasteiger partial charge is 0.161 e. The molecule has 0 saturated carbocycles. The van der Waals surface area contributed by atoms with Crippen LogP contribution < -0.4 is 14.4 Å². The number of nitrogens with zero attached hydrogens (tertiary/aromatic N) is 2. The third-order valence-corrected chi connectivity index (χ3v) is 4.67. The van der Waals surface area contributed by atoms with E-state index in [-0.39, 0.29) is 6.61 Å². The molecule has 0 aliphatic rings. The Morgan fingerprint density at radius 1 is 1.25 bits per heavy atom. The number of thiophene rings is 1. The average molecular weight is 344 g/mol. The second-order valence-electron chi connectivity index (χ2n) is 5.06. The second-order valence-corrected chi connectivity index (χ2v) is 6.15. The molecule has 5 nitrogen and oxygen atoms in total. The first-order chi connectivity index (χ1) is 11.6. The fraction of sp³-hybridized carbons (Fsp3) is 0.278. The molecule has 2 rings (SSSR count). The molecule has 0 unspecified atom stereocenters. The zero-order valence-corrected chi connectivity index (χ0v) is 14.8. The van der Waals surface area contributed by atoms with Crippen LogP contribution in [-0.4, -0.2) is 39.5 Å². The molecule has 0 fully saturated rings. The third-order valence-electron chi connectivity index (χ3n) is 3.53. The van der Waals surface area contributed by atoms with Gasteiger partial charge in [0, 0.05) is 18.5 Å². The van der Waals surface area contributed by atoms with Crippen molar-refractivity contribution in [2.45, 2.75) is 0 Å². The SMILES string of the molecule is COc1ccc(/C(C#N)=C\c2ccc(N(C)CCO)s2)cc1OC. The molecule has 0 aliphatic heterocycles. The number of likely N-dealkylation sites (N-methyl/N-ethyl adjacent to an activating group) is 1. The Labute approximate surface area is 146 Å². The first kappa shape index (κ1) is 17.9. The van der Waals surface area contributed by atoms with Crippen LogP contribution in [0, 0.1) is 11.3 Å². The van der Waals surface area contributed by atoms with Crippen molar-refractivity contribution in [3.63, 3.8) is 0 Å². The van der Waals surface area contributed by atoms with Crippen LogP contribution in [0.3, 0.4) is 0 Å². The van der Waals surface area contributed by atoms with Crippen LogP contribution in [-0.2, 0) is 0 Å². The fourth-order valence-corrected chi connectivity index (χ4v) is 3.15. The topological polar surface area (TPSA) is 65.7 Å². The van der Waals surface area contributed by atoms with Gasteiger partial charge in [0.15, 0.2) is 11.5 Å². The van der Waals surface area contributed by atoms with E-state index in [0.29, 0.717) is 23.6 Å². The number of allylic oxidation sites excluding steroid dienone is 1. The van der Waals surface area contributed by atoms with Gasteiger partial charge in [0.25, 0.3) is 0 Å². The minimum atomic E-state index is 0.106. The standard InChI is InChI=1S/C18H20N2O3S/c1-20(8-9-21)18-7-5-15(24-18)10-14(12-19)13-4-6-16(22-2)17(11-13)23-3/h4-7,10-11,21H,8-9H2,1-3H3/b14-10-. The van der Waals surface area contributed by atoms with Crippen LogP contribution >= 0.6 is 11.3 Å². The molecule has 2 aromatic rings. The Morgan fingerprint density at radius 3 is 2.62 bits per heavy atom. The largest absolute Gasteiger partial charge is 0.493 e. The lowest BCUT2D eigenvalue weighted by Crippen LogP contribution is -2.19. The maximum Gasteiger partial charge on any atom is 0.161 e. The van der Waals surface area contributed by atoms with Gasteiger partial charge in [-0.3, -0.25) is 0 Å². The molecular formula is C18H20N2O3S. The number of hydrogen-bond donors (Lipinski definition) is 1. The van der Waals surface area contributed by atoms with Gasteiger partial charge in [-0.1, -0.05) is 0 Å². The molecule has 1 N–H and O–H groups in total. The maximum atomic E-state index is 9.50. The molecule has 126 valence electrons. The Bertz CT molecular complexity index is 762. The summed E-state index contributed by atoms with van der Waals surface area (Å²) in [6.07, 6.45) is 1.85. The number of hydrogen-bond acceptors (Lipinski definition) is 6. The Balaban J connectivity index is 2.32. The molecule has 0 aliphatic carbocycles. The molecule has 0 saturated heterocycles. The minimum absolute atomic E-state index is 0.106. The van der Waals surface area contributed by atoms with Crippen LogP contribution in [0.25, 0.3) is 11.6 Å². The molecule has 0 amide bonds. The highest BCUT2D eigenvalue weighted by Crippen LogP contribution is 2.32. The number of anilines is 1. The lowest BCUT2D eigenvalue weighted by atomic mass is 10.1. The van der Waals surface area contributed by atoms with Gasteiger partial charge in [-0.2, -0.15) is 5.26 Å². The summed E-state index contributed by atoms with van der Waals surface area (Å²) in [7, 11) is 5.07. The highest BCUT2D eigenvalue weighted by atomic mass is 32.1. The van der Waals surface area contributed by atoms with Gasteiger partial charge in [0.05, 0.1) is 37.5 Å². The van der Waals surface area contributed by atoms with E-state index in [0.717, 1.165) is 15.4 Å². The van der Waals surface area contributed by atoms with Gasteiger partial charge in [0.2, 0.25) is 0 Å². The molecule has 1 aromatic heterocycles. The summed E-state index contributed by atoms with van der Waals surface area (Å²) >= 11 is 1.57. The lowest BCUT2D eigenvalue weighted by molar-refractivity contribution is 0.304. The average Bonchev–Trinajstić information content (AvgIpc) is 3.08. The van der Waals surface area contributed by atoms with Crippen LogP contribution in [0.4, 0.5) is 5.00 Å². The predicted octanol–water partition coefficient (Wildman–Crippen LogP) is 3.26. The molecule has 0 atom stereocenters. The maximum absolute atomic E-state index is 9.50. The van der Waals surface area contributed by atoms with Crippen molar-refractivity contribution in [1.29, 1.82) is 5.26 Å². The number of benzene rings is 1. The number of aliphatic hydroxyl groups excluding tert-OH is 1. The normalized spacial score (nSPS) is 11.0. The van der Waals surface area contributed by atoms with Crippen LogP contribution in [0.2, 0.25) is 0 Å². The summed E-state index contributed by atoms with van der Waals surface area (Å²) in [6, 6.07) is 11.6. The zero-order valence-electron chi connectivity index (χ0n) is 13.9. The van der Waals surface area contributed by atoms with Gasteiger partial charge < -0.3 is 19.5 Å². The summed E-state index contributed by atoms with van der Waals surface area (Å²) in [4.78, 5) is 2.95. The van der Waals surface area contributed by atoms with Crippen molar-refractivity contribution >= 4 is 28.0 Å². The van der Waals surface area contributed by atoms with Gasteiger partial charge in [-0.15, -0.1) is 11.3 Å². The number of rotatable bonds is 7. The molecule has 0 spiro atoms. The Kier molecular flexibility index (Phi) is 6.24. The van der Waals surface area contributed by atoms with Crippen molar-refractivity contribution in [3.8, 4) is 17.6 Å². The van der Waals surface area contributed by atoms with E-state index < -0.39 is 0 Å². The first-order valence-electron chi connectivity index (χ1n) is 7.39. The van der Waals surface area contributed by atoms with Crippen LogP contribution in [0.1, 0.15) is 10.4 Å². The van der Waals surface area contributed by atoms with E-state index in [2.05, 4.69) is 6.07 Å². The summed E-state index contributed by atoms with van der Waals surface area (Å²) in [6.45, 7) is 0.680. The van der Waals surface area contributed by atoms with E-state index in [1.807, 2.05) is 36.2 Å². The van der Waals surface area contributed by atoms with Gasteiger partial charge >= 0.3 is 0 Å². The summed E-state index contributed by atoms with van der Waals surface area (Å²) < 4.78 is 10.5. The fourth-order valence-electron chi connectivity index (χ4n) is 2.21. The van der Waals surface area contributed by atoms with Gasteiger partial charge in [-0.25, -0.2) is 0 Å². The van der Waals surface area contributed by atoms with E-state index in [1.54, 1.807) is 37.7 Å². The highest BCUT2D eigenvalue weighted by Gasteiger charge is 2.09. The molecule has 0 radical (unpaired) electrons. The summed E-state index contributed by atoms with van der Waals surface area (Å²) in [5.41, 5.74) is 1.32. The van der Waals surface area contributed by atoms with Crippen LogP contribution in [0.15, 0.2) is 30.3 Å². The Hall–Kier alpha value is -2.49. The molecule has 1 aromatic carbocycles. The van der Waals surface area contributed by atoms with E-state index in [9.17, 15) is 5.26 Å². The molecule has 6 heteroatoms. The molecule has 1 heterocycles. The third kappa shape index (κ3) is 4.07. The highest BCUT2D eigenvalue weighted by molar-refractivity contribution is 7.17. The van der Waals surface area contributed by atoms with Crippen molar-refractivity contribution < 1.29 is 14.6 Å². The van der Waals surface area contributed by atoms with Crippen molar-refractivity contribution in [3.05, 3.63) is 40.8 Å². The minimum Gasteiger partial charge on any atom is -0.493 e. The van der Waals surface area contributed by atoms with Gasteiger partial charge in [0.1, 0.15) is 0 Å². The number of aliphatic hydroxyl groups is 1. The van der Waals surface area contributed by atoms with Crippen LogP contribution in [0.5, 0.6) is 11.5 Å². The summed E-state index contributed by atoms with van der Waals surface area (Å²) in [5.74, 6) is 1.22. The molecular weight excluding hydrogens is 324 g/mol. The summed E-state index contributed by atoms with van der Waals surface area (Å²) in [5, 5.41) is 19.6. The number of methoxy groups -OCH3 is 2. The lowest BCUT2D eigenvalue weighted by Gasteiger charge is -2.14. The van der Waals surface area contributed by atoms with Gasteiger partial charge in [-0.05, 0) is 42.0 Å². The predicted molar refractivity (Wildman–Crippen MR) is 97.7 cm³/mol. The second kappa shape index (κ2) is 8.39. The van der Waals surface area contributed by atoms with E-state index >= 15 is 0 Å². The monoisotopic (exact) mass is 344 g/mol.